The fourth-order valence-electron chi connectivity index (χ4n) is 23.8. The summed E-state index contributed by atoms with van der Waals surface area (Å²) in [6.07, 6.45) is 23.7. The van der Waals surface area contributed by atoms with Crippen LogP contribution in [0.4, 0.5) is 22.7 Å². The van der Waals surface area contributed by atoms with Gasteiger partial charge in [-0.15, -0.1) is 0 Å². The van der Waals surface area contributed by atoms with Gasteiger partial charge in [0.1, 0.15) is 72.9 Å². The van der Waals surface area contributed by atoms with Gasteiger partial charge >= 0.3 is 0 Å². The molecule has 0 unspecified atom stereocenters. The van der Waals surface area contributed by atoms with Gasteiger partial charge in [0.2, 0.25) is 22.8 Å². The quantitative estimate of drug-likeness (QED) is 0.0901. The van der Waals surface area contributed by atoms with Gasteiger partial charge in [0.05, 0.1) is 48.5 Å². The third kappa shape index (κ3) is 17.1. The van der Waals surface area contributed by atoms with Crippen molar-refractivity contribution < 1.29 is 35.9 Å². The van der Waals surface area contributed by atoms with Gasteiger partial charge in [0.15, 0.2) is 45.5 Å². The average molecular weight is 1860 g/mol. The van der Waals surface area contributed by atoms with Crippen LogP contribution in [0.25, 0.3) is 197 Å². The first kappa shape index (κ1) is 92.7. The first-order valence-corrected chi connectivity index (χ1v) is 51.0. The summed E-state index contributed by atoms with van der Waals surface area (Å²) in [4.78, 5) is 15.1. The first-order valence-electron chi connectivity index (χ1n) is 51.0. The molecule has 4 fully saturated rings. The van der Waals surface area contributed by atoms with Crippen molar-refractivity contribution in [3.63, 3.8) is 0 Å². The van der Waals surface area contributed by atoms with Crippen molar-refractivity contribution in [2.24, 2.45) is 28.2 Å². The maximum atomic E-state index is 7.71. The summed E-state index contributed by atoms with van der Waals surface area (Å²) in [5.74, 6) is 2.63. The van der Waals surface area contributed by atoms with E-state index in [1.54, 1.807) is 0 Å². The smallest absolute Gasteiger partial charge is 0.216 e. The Morgan fingerprint density at radius 3 is 0.739 bits per heavy atom. The molecule has 8 aromatic heterocycles. The minimum Gasteiger partial charge on any atom is -0.455 e. The van der Waals surface area contributed by atoms with Crippen LogP contribution in [-0.4, -0.2) is 0 Å². The maximum absolute atomic E-state index is 7.71. The molecule has 12 heteroatoms. The number of aryl methyl sites for hydroxylation is 6. The molecule has 4 aliphatic carbocycles. The average Bonchev–Trinajstić information content (AvgIpc) is 1.59. The Hall–Kier alpha value is -15.6. The lowest BCUT2D eigenvalue weighted by molar-refractivity contribution is -0.667. The highest BCUT2D eigenvalue weighted by Crippen LogP contribution is 2.51. The molecule has 4 saturated carbocycles. The van der Waals surface area contributed by atoms with E-state index < -0.39 is 0 Å². The van der Waals surface area contributed by atoms with Gasteiger partial charge in [-0.1, -0.05) is 234 Å². The largest absolute Gasteiger partial charge is 0.455 e. The highest BCUT2D eigenvalue weighted by molar-refractivity contribution is 6.18. The lowest BCUT2D eigenvalue weighted by Crippen LogP contribution is -2.36. The van der Waals surface area contributed by atoms with Crippen molar-refractivity contribution in [2.45, 2.75) is 195 Å². The van der Waals surface area contributed by atoms with Crippen molar-refractivity contribution in [2.75, 3.05) is 0 Å². The molecular weight excluding hydrogens is 1740 g/mol. The number of hydrogen-bond donors (Lipinski definition) is 0. The molecule has 20 aromatic rings. The van der Waals surface area contributed by atoms with Crippen molar-refractivity contribution >= 4 is 111 Å². The Morgan fingerprint density at radius 1 is 0.232 bits per heavy atom. The highest BCUT2D eigenvalue weighted by atomic mass is 16.3. The van der Waals surface area contributed by atoms with E-state index in [9.17, 15) is 0 Å². The highest BCUT2D eigenvalue weighted by Gasteiger charge is 2.35. The monoisotopic (exact) mass is 1860 g/mol. The third-order valence-electron chi connectivity index (χ3n) is 31.9. The van der Waals surface area contributed by atoms with Gasteiger partial charge in [0.25, 0.3) is 0 Å². The van der Waals surface area contributed by atoms with E-state index in [0.29, 0.717) is 46.4 Å². The number of furan rings is 4. The Kier molecular flexibility index (Phi) is 25.6. The minimum absolute atomic E-state index is 0.628. The SMILES string of the molecule is [C-]#[N+]c1cc(-c2ccccc2)c2oc3c(-c4cc(C5CCCC5)cc(C)[n+]4C)c(C)ccc3c2c1.[C-]#[N+]c1cc(-c2ccccc2)c2oc3c(-c4cc(C5CCCCC5)cc(C)[n+]4C)c(C)ccc3c2c1.[C-]#[N+]c1cc(-c2ccccc2)c2oc3c(-c4ccc(C5CCCC5)c(C)[n+]4C)c(C)ccc3c2c1.[C-]#[N+]c1cc(-c2ccccc2)c2oc3c(-c4ccc(C5CCCCC5)c(C)[n+]4C)c(C)ccc3c2c1. The van der Waals surface area contributed by atoms with Crippen LogP contribution >= 0.6 is 0 Å². The number of nitrogens with zero attached hydrogens (tertiary/aromatic N) is 8. The summed E-state index contributed by atoms with van der Waals surface area (Å²) in [5.41, 5.74) is 42.7. The Morgan fingerprint density at radius 2 is 0.479 bits per heavy atom. The van der Waals surface area contributed by atoms with Crippen LogP contribution in [0.2, 0.25) is 0 Å². The molecule has 12 nitrogen and oxygen atoms in total. The van der Waals surface area contributed by atoms with E-state index in [-0.39, 0.29) is 0 Å². The number of fused-ring (bicyclic) bond motifs is 12. The molecule has 12 aromatic carbocycles. The molecule has 700 valence electrons. The van der Waals surface area contributed by atoms with Crippen LogP contribution in [-0.2, 0) is 28.2 Å². The number of pyridine rings is 4. The Labute approximate surface area is 833 Å². The van der Waals surface area contributed by atoms with E-state index in [0.717, 1.165) is 160 Å². The van der Waals surface area contributed by atoms with E-state index in [1.807, 2.05) is 121 Å². The molecule has 0 amide bonds. The van der Waals surface area contributed by atoms with Crippen molar-refractivity contribution in [3.05, 3.63) is 380 Å². The number of hydrogen-bond acceptors (Lipinski definition) is 4. The van der Waals surface area contributed by atoms with Gasteiger partial charge in [0, 0.05) is 141 Å². The lowest BCUT2D eigenvalue weighted by atomic mass is 9.83. The van der Waals surface area contributed by atoms with Crippen LogP contribution < -0.4 is 18.3 Å². The zero-order valence-corrected chi connectivity index (χ0v) is 83.7. The molecule has 142 heavy (non-hydrogen) atoms. The van der Waals surface area contributed by atoms with Gasteiger partial charge < -0.3 is 17.7 Å². The summed E-state index contributed by atoms with van der Waals surface area (Å²) in [7, 11) is 8.67. The van der Waals surface area contributed by atoms with E-state index in [2.05, 4.69) is 267 Å². The number of aromatic nitrogens is 4. The van der Waals surface area contributed by atoms with E-state index >= 15 is 0 Å². The van der Waals surface area contributed by atoms with Crippen LogP contribution in [0.1, 0.15) is 207 Å². The van der Waals surface area contributed by atoms with Crippen LogP contribution in [0, 0.1) is 81.7 Å². The third-order valence-corrected chi connectivity index (χ3v) is 31.9. The maximum Gasteiger partial charge on any atom is 0.216 e. The molecule has 0 bridgehead atoms. The summed E-state index contributed by atoms with van der Waals surface area (Å²) in [6.45, 7) is 48.4. The minimum atomic E-state index is 0.628. The zero-order valence-electron chi connectivity index (χ0n) is 83.7. The van der Waals surface area contributed by atoms with Gasteiger partial charge in [-0.25, -0.2) is 19.4 Å². The van der Waals surface area contributed by atoms with Gasteiger partial charge in [-0.05, 0) is 219 Å². The molecule has 0 aliphatic heterocycles. The molecule has 0 radical (unpaired) electrons. The standard InChI is InChI=1S/2C33H31N2O.2C32H29N2O/c1-21-15-16-27-29-20-26(34-3)19-28(24-13-9-6-10-14-24)32(29)36-33(27)31(21)30-18-25(17-22(2)35(30)4)23-11-7-5-8-12-23;1-21-15-16-27-29-20-25(34-3)19-28(24-13-9-6-10-14-24)32(29)36-33(27)31(21)30-18-17-26(22(2)35(30)4)23-11-7-5-8-12-23;1-20-14-15-26-28-19-25(33-3)18-27(23-12-6-5-7-13-23)31(28)35-32(26)30(20)29-17-24(16-21(2)34(29)4)22-10-8-9-11-22;1-20-14-15-26-28-19-24(33-3)18-27(23-10-6-5-7-11-23)31(28)35-32(26)30(20)29-17-16-25(21(2)34(29)4)22-12-8-9-13-22/h2*6,9-10,13-20,23H,5,7-8,11-12H2,1-2,4H3;5-7,12-19,22H,8-11H2,1-2,4H3;5-7,10-11,14-19,22H,8-9,12-13H2,1-2,4H3/q4*+1. The number of benzene rings is 12. The van der Waals surface area contributed by atoms with Gasteiger partial charge in [-0.3, -0.25) is 0 Å². The van der Waals surface area contributed by atoms with Crippen LogP contribution in [0.3, 0.4) is 0 Å². The summed E-state index contributed by atoms with van der Waals surface area (Å²) in [5, 5.41) is 8.23. The summed E-state index contributed by atoms with van der Waals surface area (Å²) >= 11 is 0. The van der Waals surface area contributed by atoms with Crippen LogP contribution in [0.5, 0.6) is 0 Å². The fraction of sp³-hybridized carbons (Fsp3) is 0.262. The fourth-order valence-corrected chi connectivity index (χ4v) is 23.8. The summed E-state index contributed by atoms with van der Waals surface area (Å²) < 4.78 is 36.2. The first-order chi connectivity index (χ1) is 69.2. The molecule has 4 aliphatic rings. The topological polar surface area (TPSA) is 85.5 Å². The lowest BCUT2D eigenvalue weighted by Gasteiger charge is -2.22. The second-order valence-electron chi connectivity index (χ2n) is 40.4. The second kappa shape index (κ2) is 39.2. The number of rotatable bonds is 12. The van der Waals surface area contributed by atoms with E-state index in [4.69, 9.17) is 44.0 Å². The molecule has 0 spiro atoms. The van der Waals surface area contributed by atoms with Crippen LogP contribution in [0.15, 0.2) is 285 Å². The Balaban J connectivity index is 0.000000112. The normalized spacial score (nSPS) is 14.3. The predicted octanol–water partition coefficient (Wildman–Crippen LogP) is 35.1. The molecule has 0 atom stereocenters. The van der Waals surface area contributed by atoms with Crippen molar-refractivity contribution in [1.82, 2.24) is 0 Å². The molecule has 8 heterocycles. The molecule has 0 saturated heterocycles. The summed E-state index contributed by atoms with van der Waals surface area (Å²) in [6, 6.07) is 92.7. The predicted molar refractivity (Wildman–Crippen MR) is 580 cm³/mol. The van der Waals surface area contributed by atoms with E-state index in [1.165, 1.54) is 200 Å². The molecular formula is C130H120N8O4+4. The molecule has 24 rings (SSSR count). The molecule has 0 N–H and O–H groups in total. The van der Waals surface area contributed by atoms with Crippen molar-refractivity contribution in [3.8, 4) is 89.5 Å². The second-order valence-corrected chi connectivity index (χ2v) is 40.4. The zero-order chi connectivity index (χ0) is 97.8. The Bertz CT molecular complexity index is 8550. The van der Waals surface area contributed by atoms with Crippen molar-refractivity contribution in [1.29, 1.82) is 0 Å². The van der Waals surface area contributed by atoms with Gasteiger partial charge in [-0.2, -0.15) is 18.3 Å².